The lowest BCUT2D eigenvalue weighted by atomic mass is 9.99. The summed E-state index contributed by atoms with van der Waals surface area (Å²) >= 11 is 0. The molecule has 1 aromatic carbocycles. The average Bonchev–Trinajstić information content (AvgIpc) is 3.21. The smallest absolute Gasteiger partial charge is 0.334 e. The number of nitrogens with zero attached hydrogens (tertiary/aromatic N) is 2. The van der Waals surface area contributed by atoms with Gasteiger partial charge in [0.2, 0.25) is 5.88 Å². The largest absolute Gasteiger partial charge is 0.440 e. The van der Waals surface area contributed by atoms with Crippen molar-refractivity contribution in [2.24, 2.45) is 5.92 Å². The molecule has 106 valence electrons. The van der Waals surface area contributed by atoms with Crippen LogP contribution in [0.2, 0.25) is 0 Å². The fraction of sp³-hybridized carbons (Fsp3) is 0.375. The molecule has 21 heavy (non-hydrogen) atoms. The number of amides is 3. The molecule has 2 aliphatic heterocycles. The molecule has 0 spiro atoms. The molecule has 3 aliphatic rings. The number of para-hydroxylation sites is 1. The summed E-state index contributed by atoms with van der Waals surface area (Å²) in [7, 11) is 0. The molecule has 5 rings (SSSR count). The Bertz CT molecular complexity index is 720. The second-order valence-corrected chi connectivity index (χ2v) is 6.16. The van der Waals surface area contributed by atoms with Crippen LogP contribution in [0.15, 0.2) is 34.7 Å². The molecule has 1 aromatic heterocycles. The average molecular weight is 282 g/mol. The minimum Gasteiger partial charge on any atom is -0.440 e. The van der Waals surface area contributed by atoms with Crippen molar-refractivity contribution in [2.75, 3.05) is 4.90 Å². The van der Waals surface area contributed by atoms with Crippen LogP contribution in [-0.4, -0.2) is 28.9 Å². The Kier molecular flexibility index (Phi) is 1.98. The Morgan fingerprint density at radius 3 is 2.81 bits per heavy atom. The van der Waals surface area contributed by atoms with Gasteiger partial charge in [0.15, 0.2) is 0 Å². The maximum atomic E-state index is 12.7. The van der Waals surface area contributed by atoms with Crippen LogP contribution >= 0.6 is 0 Å². The third-order valence-electron chi connectivity index (χ3n) is 5.10. The Labute approximate surface area is 121 Å². The highest BCUT2D eigenvalue weighted by molar-refractivity contribution is 6.21. The number of hydrogen-bond donors (Lipinski definition) is 0. The highest BCUT2D eigenvalue weighted by Gasteiger charge is 2.59. The summed E-state index contributed by atoms with van der Waals surface area (Å²) in [6, 6.07) is 9.09. The topological polar surface area (TPSA) is 53.8 Å². The van der Waals surface area contributed by atoms with E-state index >= 15 is 0 Å². The third-order valence-corrected chi connectivity index (χ3v) is 5.10. The zero-order chi connectivity index (χ0) is 14.1. The lowest BCUT2D eigenvalue weighted by Gasteiger charge is -2.25. The highest BCUT2D eigenvalue weighted by Crippen LogP contribution is 2.47. The first-order valence-corrected chi connectivity index (χ1v) is 7.39. The minimum atomic E-state index is -0.260. The van der Waals surface area contributed by atoms with Crippen LogP contribution in [0.4, 0.5) is 10.7 Å². The third kappa shape index (κ3) is 1.31. The molecule has 3 amide bonds. The van der Waals surface area contributed by atoms with Gasteiger partial charge in [-0.15, -0.1) is 0 Å². The van der Waals surface area contributed by atoms with Gasteiger partial charge < -0.3 is 9.32 Å². The van der Waals surface area contributed by atoms with E-state index in [9.17, 15) is 9.59 Å². The lowest BCUT2D eigenvalue weighted by Crippen LogP contribution is -2.40. The van der Waals surface area contributed by atoms with Crippen molar-refractivity contribution < 1.29 is 14.0 Å². The number of anilines is 1. The van der Waals surface area contributed by atoms with Crippen molar-refractivity contribution in [2.45, 2.75) is 31.3 Å². The molecule has 1 saturated carbocycles. The maximum absolute atomic E-state index is 12.7. The fourth-order valence-electron chi connectivity index (χ4n) is 4.20. The van der Waals surface area contributed by atoms with Gasteiger partial charge in [-0.3, -0.25) is 4.79 Å². The number of hydrogen-bond acceptors (Lipinski definition) is 3. The van der Waals surface area contributed by atoms with Crippen molar-refractivity contribution in [3.63, 3.8) is 0 Å². The number of rotatable bonds is 1. The van der Waals surface area contributed by atoms with Gasteiger partial charge >= 0.3 is 6.03 Å². The molecule has 3 heterocycles. The quantitative estimate of drug-likeness (QED) is 0.756. The van der Waals surface area contributed by atoms with Gasteiger partial charge in [-0.25, -0.2) is 4.79 Å². The van der Waals surface area contributed by atoms with Gasteiger partial charge in [0.25, 0.3) is 5.91 Å². The summed E-state index contributed by atoms with van der Waals surface area (Å²) in [6.45, 7) is 0. The summed E-state index contributed by atoms with van der Waals surface area (Å²) in [5.74, 6) is 0.562. The number of fused-ring (bicyclic) bond motifs is 6. The molecule has 0 radical (unpaired) electrons. The number of urea groups is 1. The van der Waals surface area contributed by atoms with Gasteiger partial charge in [-0.05, 0) is 31.2 Å². The van der Waals surface area contributed by atoms with E-state index in [0.29, 0.717) is 17.4 Å². The predicted octanol–water partition coefficient (Wildman–Crippen LogP) is 2.75. The van der Waals surface area contributed by atoms with Gasteiger partial charge in [0.1, 0.15) is 11.6 Å². The number of carbonyl (C=O) groups is 2. The van der Waals surface area contributed by atoms with Gasteiger partial charge in [-0.2, -0.15) is 4.90 Å². The maximum Gasteiger partial charge on any atom is 0.334 e. The van der Waals surface area contributed by atoms with E-state index in [2.05, 4.69) is 0 Å². The highest BCUT2D eigenvalue weighted by atomic mass is 16.4. The van der Waals surface area contributed by atoms with E-state index < -0.39 is 0 Å². The van der Waals surface area contributed by atoms with Crippen LogP contribution in [0.3, 0.4) is 0 Å². The summed E-state index contributed by atoms with van der Waals surface area (Å²) in [5.41, 5.74) is 0.697. The fourth-order valence-corrected chi connectivity index (χ4v) is 4.20. The first kappa shape index (κ1) is 11.4. The molecular weight excluding hydrogens is 268 g/mol. The molecule has 2 aromatic rings. The van der Waals surface area contributed by atoms with E-state index in [-0.39, 0.29) is 24.0 Å². The number of furan rings is 1. The zero-order valence-electron chi connectivity index (χ0n) is 11.4. The molecule has 5 nitrogen and oxygen atoms in total. The number of carbonyl (C=O) groups excluding carboxylic acids is 2. The standard InChI is InChI=1S/C16H14N2O3/c19-15-14-10-5-6-11(7-10)17(14)16(20)18(15)13-8-9-3-1-2-4-12(9)21-13/h1-4,8,10-11,14H,5-7H2/t10-,11+,14-/m1/s1. The molecule has 3 atom stereocenters. The first-order chi connectivity index (χ1) is 10.2. The lowest BCUT2D eigenvalue weighted by molar-refractivity contribution is -0.120. The van der Waals surface area contributed by atoms with E-state index in [1.807, 2.05) is 24.3 Å². The Balaban J connectivity index is 1.60. The van der Waals surface area contributed by atoms with Crippen molar-refractivity contribution in [1.29, 1.82) is 0 Å². The number of piperidine rings is 1. The Morgan fingerprint density at radius 2 is 2.00 bits per heavy atom. The molecule has 3 fully saturated rings. The Morgan fingerprint density at radius 1 is 1.14 bits per heavy atom. The SMILES string of the molecule is O=C1[C@H]2[C@@H]3CC[C@@H](C3)N2C(=O)N1c1cc2ccccc2o1. The van der Waals surface area contributed by atoms with Crippen LogP contribution in [0.1, 0.15) is 19.3 Å². The van der Waals surface area contributed by atoms with Crippen molar-refractivity contribution in [3.8, 4) is 0 Å². The van der Waals surface area contributed by atoms with E-state index in [4.69, 9.17) is 4.42 Å². The monoisotopic (exact) mass is 282 g/mol. The van der Waals surface area contributed by atoms with E-state index in [1.165, 1.54) is 4.90 Å². The summed E-state index contributed by atoms with van der Waals surface area (Å²) in [4.78, 5) is 28.3. The van der Waals surface area contributed by atoms with Crippen LogP contribution in [0.25, 0.3) is 11.0 Å². The zero-order valence-corrected chi connectivity index (χ0v) is 11.4. The summed E-state index contributed by atoms with van der Waals surface area (Å²) in [6.07, 6.45) is 3.06. The van der Waals surface area contributed by atoms with Gasteiger partial charge in [0.05, 0.1) is 0 Å². The molecule has 0 unspecified atom stereocenters. The van der Waals surface area contributed by atoms with Crippen LogP contribution in [-0.2, 0) is 4.79 Å². The van der Waals surface area contributed by atoms with E-state index in [1.54, 1.807) is 11.0 Å². The van der Waals surface area contributed by atoms with Crippen LogP contribution in [0, 0.1) is 5.92 Å². The normalized spacial score (nSPS) is 30.8. The second-order valence-electron chi connectivity index (χ2n) is 6.16. The van der Waals surface area contributed by atoms with Crippen molar-refractivity contribution >= 4 is 28.8 Å². The second kappa shape index (κ2) is 3.67. The van der Waals surface area contributed by atoms with Crippen molar-refractivity contribution in [3.05, 3.63) is 30.3 Å². The summed E-state index contributed by atoms with van der Waals surface area (Å²) in [5, 5.41) is 0.906. The van der Waals surface area contributed by atoms with Crippen LogP contribution in [0.5, 0.6) is 0 Å². The number of benzene rings is 1. The molecule has 5 heteroatoms. The molecule has 0 N–H and O–H groups in total. The van der Waals surface area contributed by atoms with E-state index in [0.717, 1.165) is 24.6 Å². The molecule has 1 aliphatic carbocycles. The first-order valence-electron chi connectivity index (χ1n) is 7.39. The van der Waals surface area contributed by atoms with Crippen LogP contribution < -0.4 is 4.90 Å². The molecule has 2 saturated heterocycles. The van der Waals surface area contributed by atoms with Crippen molar-refractivity contribution in [1.82, 2.24) is 4.90 Å². The number of imide groups is 1. The minimum absolute atomic E-state index is 0.119. The van der Waals surface area contributed by atoms with Gasteiger partial charge in [-0.1, -0.05) is 18.2 Å². The predicted molar refractivity (Wildman–Crippen MR) is 75.9 cm³/mol. The summed E-state index contributed by atoms with van der Waals surface area (Å²) < 4.78 is 5.71. The van der Waals surface area contributed by atoms with Gasteiger partial charge in [0, 0.05) is 17.5 Å². The molecule has 2 bridgehead atoms. The Hall–Kier alpha value is -2.30. The molecular formula is C16H14N2O3.